The highest BCUT2D eigenvalue weighted by atomic mass is 16.5. The molecular formula is C25H32N8O4. The van der Waals surface area contributed by atoms with Crippen LogP contribution in [0.2, 0.25) is 0 Å². The summed E-state index contributed by atoms with van der Waals surface area (Å²) in [6.45, 7) is 7.40. The average molecular weight is 509 g/mol. The predicted octanol–water partition coefficient (Wildman–Crippen LogP) is 3.17. The molecule has 0 unspecified atom stereocenters. The van der Waals surface area contributed by atoms with E-state index in [2.05, 4.69) is 22.5 Å². The minimum atomic E-state index is -0.887. The second-order valence-electron chi connectivity index (χ2n) is 9.38. The Morgan fingerprint density at radius 2 is 1.89 bits per heavy atom. The summed E-state index contributed by atoms with van der Waals surface area (Å²) in [5, 5.41) is 20.4. The highest BCUT2D eigenvalue weighted by Crippen LogP contribution is 2.33. The van der Waals surface area contributed by atoms with Crippen LogP contribution in [-0.2, 0) is 4.74 Å². The summed E-state index contributed by atoms with van der Waals surface area (Å²) in [4.78, 5) is 36.8. The number of carbonyl (C=O) groups is 2. The van der Waals surface area contributed by atoms with Gasteiger partial charge in [-0.3, -0.25) is 0 Å². The number of carbonyl (C=O) groups excluding carboxylic acids is 1. The SMILES string of the molecule is CCNC(=O)Nc1ccc(-c2nc(N3CCOC[C@H]3C)c3cnn(C4CCN(C(=O)O)CC4)c3n2)cc1. The van der Waals surface area contributed by atoms with Gasteiger partial charge in [0.15, 0.2) is 11.5 Å². The van der Waals surface area contributed by atoms with E-state index in [0.29, 0.717) is 63.7 Å². The number of aromatic nitrogens is 4. The molecule has 1 aromatic carbocycles. The fourth-order valence-electron chi connectivity index (χ4n) is 4.91. The van der Waals surface area contributed by atoms with E-state index in [4.69, 9.17) is 19.8 Å². The second kappa shape index (κ2) is 10.6. The second-order valence-corrected chi connectivity index (χ2v) is 9.38. The van der Waals surface area contributed by atoms with E-state index in [1.165, 1.54) is 4.90 Å². The van der Waals surface area contributed by atoms with E-state index in [0.717, 1.165) is 22.4 Å². The molecule has 1 atom stereocenters. The quantitative estimate of drug-likeness (QED) is 0.478. The number of carboxylic acid groups (broad SMARTS) is 1. The zero-order chi connectivity index (χ0) is 25.9. The Bertz CT molecular complexity index is 1270. The molecular weight excluding hydrogens is 476 g/mol. The van der Waals surface area contributed by atoms with Crippen molar-refractivity contribution in [3.63, 3.8) is 0 Å². The molecule has 4 heterocycles. The van der Waals surface area contributed by atoms with Crippen LogP contribution in [0.1, 0.15) is 32.7 Å². The van der Waals surface area contributed by atoms with Crippen molar-refractivity contribution in [3.8, 4) is 11.4 Å². The van der Waals surface area contributed by atoms with Gasteiger partial charge in [-0.05, 0) is 51.0 Å². The largest absolute Gasteiger partial charge is 0.465 e. The molecule has 2 aliphatic rings. The van der Waals surface area contributed by atoms with E-state index in [1.54, 1.807) is 0 Å². The first-order chi connectivity index (χ1) is 17.9. The molecule has 0 radical (unpaired) electrons. The molecule has 2 fully saturated rings. The summed E-state index contributed by atoms with van der Waals surface area (Å²) in [5.41, 5.74) is 2.23. The summed E-state index contributed by atoms with van der Waals surface area (Å²) in [6.07, 6.45) is 2.28. The fourth-order valence-corrected chi connectivity index (χ4v) is 4.91. The van der Waals surface area contributed by atoms with Crippen LogP contribution in [0.4, 0.5) is 21.1 Å². The van der Waals surface area contributed by atoms with E-state index in [1.807, 2.05) is 42.1 Å². The number of anilines is 2. The molecule has 2 saturated heterocycles. The third kappa shape index (κ3) is 5.15. The Kier molecular flexibility index (Phi) is 7.08. The van der Waals surface area contributed by atoms with Crippen LogP contribution in [0.5, 0.6) is 0 Å². The number of morpholine rings is 1. The maximum absolute atomic E-state index is 11.9. The molecule has 12 nitrogen and oxygen atoms in total. The number of benzene rings is 1. The number of likely N-dealkylation sites (tertiary alicyclic amines) is 1. The van der Waals surface area contributed by atoms with Crippen LogP contribution in [-0.4, -0.2) is 87.3 Å². The fraction of sp³-hybridized carbons (Fsp3) is 0.480. The van der Waals surface area contributed by atoms with Gasteiger partial charge in [0.1, 0.15) is 5.82 Å². The Balaban J connectivity index is 1.52. The van der Waals surface area contributed by atoms with Crippen LogP contribution in [0.3, 0.4) is 0 Å². The standard InChI is InChI=1S/C25H32N8O4/c1-3-26-24(34)28-18-6-4-17(5-7-18)21-29-22(32-12-13-37-15-16(32)2)20-14-27-33(23(20)30-21)19-8-10-31(11-9-19)25(35)36/h4-7,14,16,19H,3,8-13,15H2,1-2H3,(H,35,36)(H2,26,28,34)/t16-/m1/s1. The number of piperidine rings is 1. The lowest BCUT2D eigenvalue weighted by Gasteiger charge is -2.34. The number of fused-ring (bicyclic) bond motifs is 1. The Morgan fingerprint density at radius 1 is 1.14 bits per heavy atom. The molecule has 0 aliphatic carbocycles. The van der Waals surface area contributed by atoms with Crippen molar-refractivity contribution in [2.24, 2.45) is 0 Å². The summed E-state index contributed by atoms with van der Waals surface area (Å²) in [6, 6.07) is 7.37. The van der Waals surface area contributed by atoms with Crippen molar-refractivity contribution >= 4 is 34.7 Å². The maximum atomic E-state index is 11.9. The lowest BCUT2D eigenvalue weighted by atomic mass is 10.1. The zero-order valence-electron chi connectivity index (χ0n) is 21.1. The molecule has 5 rings (SSSR count). The summed E-state index contributed by atoms with van der Waals surface area (Å²) in [5.74, 6) is 1.38. The maximum Gasteiger partial charge on any atom is 0.407 e. The lowest BCUT2D eigenvalue weighted by molar-refractivity contribution is 0.0987. The van der Waals surface area contributed by atoms with Gasteiger partial charge in [0.2, 0.25) is 0 Å². The van der Waals surface area contributed by atoms with Crippen LogP contribution in [0, 0.1) is 0 Å². The lowest BCUT2D eigenvalue weighted by Crippen LogP contribution is -2.44. The topological polar surface area (TPSA) is 138 Å². The van der Waals surface area contributed by atoms with Gasteiger partial charge >= 0.3 is 12.1 Å². The number of ether oxygens (including phenoxy) is 1. The van der Waals surface area contributed by atoms with Gasteiger partial charge in [0.25, 0.3) is 0 Å². The van der Waals surface area contributed by atoms with Gasteiger partial charge in [-0.1, -0.05) is 0 Å². The summed E-state index contributed by atoms with van der Waals surface area (Å²) < 4.78 is 7.58. The molecule has 2 aromatic heterocycles. The van der Waals surface area contributed by atoms with Crippen LogP contribution in [0.25, 0.3) is 22.4 Å². The molecule has 0 saturated carbocycles. The molecule has 3 aromatic rings. The Labute approximate surface area is 214 Å². The smallest absolute Gasteiger partial charge is 0.407 e. The van der Waals surface area contributed by atoms with Crippen LogP contribution >= 0.6 is 0 Å². The van der Waals surface area contributed by atoms with Crippen molar-refractivity contribution in [2.75, 3.05) is 49.6 Å². The normalized spacial score (nSPS) is 18.7. The number of amides is 3. The third-order valence-electron chi connectivity index (χ3n) is 6.89. The van der Waals surface area contributed by atoms with Gasteiger partial charge in [-0.25, -0.2) is 24.2 Å². The van der Waals surface area contributed by atoms with Gasteiger partial charge in [0.05, 0.1) is 36.9 Å². The molecule has 3 amide bonds. The van der Waals surface area contributed by atoms with E-state index in [-0.39, 0.29) is 18.1 Å². The first-order valence-corrected chi connectivity index (χ1v) is 12.7. The molecule has 0 bridgehead atoms. The first-order valence-electron chi connectivity index (χ1n) is 12.7. The van der Waals surface area contributed by atoms with Crippen molar-refractivity contribution < 1.29 is 19.4 Å². The van der Waals surface area contributed by atoms with Gasteiger partial charge in [-0.2, -0.15) is 5.10 Å². The number of nitrogens with one attached hydrogen (secondary N) is 2. The summed E-state index contributed by atoms with van der Waals surface area (Å²) >= 11 is 0. The summed E-state index contributed by atoms with van der Waals surface area (Å²) in [7, 11) is 0. The van der Waals surface area contributed by atoms with Crippen LogP contribution < -0.4 is 15.5 Å². The number of rotatable bonds is 5. The number of urea groups is 1. The van der Waals surface area contributed by atoms with Crippen LogP contribution in [0.15, 0.2) is 30.5 Å². The molecule has 0 spiro atoms. The van der Waals surface area contributed by atoms with Crippen molar-refractivity contribution in [1.82, 2.24) is 30.0 Å². The minimum absolute atomic E-state index is 0.0504. The Hall–Kier alpha value is -3.93. The highest BCUT2D eigenvalue weighted by Gasteiger charge is 2.29. The minimum Gasteiger partial charge on any atom is -0.465 e. The number of nitrogens with zero attached hydrogens (tertiary/aromatic N) is 6. The molecule has 37 heavy (non-hydrogen) atoms. The molecule has 3 N–H and O–H groups in total. The first kappa shape index (κ1) is 24.8. The average Bonchev–Trinajstić information content (AvgIpc) is 3.33. The Morgan fingerprint density at radius 3 is 2.57 bits per heavy atom. The zero-order valence-corrected chi connectivity index (χ0v) is 21.1. The van der Waals surface area contributed by atoms with Crippen molar-refractivity contribution in [1.29, 1.82) is 0 Å². The third-order valence-corrected chi connectivity index (χ3v) is 6.89. The molecule has 2 aliphatic heterocycles. The van der Waals surface area contributed by atoms with Gasteiger partial charge < -0.3 is 30.3 Å². The van der Waals surface area contributed by atoms with Gasteiger partial charge in [0, 0.05) is 37.4 Å². The molecule has 12 heteroatoms. The highest BCUT2D eigenvalue weighted by molar-refractivity contribution is 5.90. The number of hydrogen-bond acceptors (Lipinski definition) is 7. The molecule has 196 valence electrons. The predicted molar refractivity (Wildman–Crippen MR) is 139 cm³/mol. The van der Waals surface area contributed by atoms with Crippen molar-refractivity contribution in [2.45, 2.75) is 38.8 Å². The monoisotopic (exact) mass is 508 g/mol. The van der Waals surface area contributed by atoms with Crippen molar-refractivity contribution in [3.05, 3.63) is 30.5 Å². The van der Waals surface area contributed by atoms with Gasteiger partial charge in [-0.15, -0.1) is 0 Å². The van der Waals surface area contributed by atoms with E-state index < -0.39 is 6.09 Å². The van der Waals surface area contributed by atoms with E-state index in [9.17, 15) is 14.7 Å². The van der Waals surface area contributed by atoms with E-state index >= 15 is 0 Å². The number of hydrogen-bond donors (Lipinski definition) is 3.